The number of benzene rings is 9. The van der Waals surface area contributed by atoms with Crippen LogP contribution in [0.3, 0.4) is 0 Å². The van der Waals surface area contributed by atoms with Crippen molar-refractivity contribution in [1.82, 2.24) is 0 Å². The molecule has 5 heteroatoms. The van der Waals surface area contributed by atoms with E-state index in [1.54, 1.807) is 0 Å². The minimum absolute atomic E-state index is 1.35. The van der Waals surface area contributed by atoms with Gasteiger partial charge in [-0.1, -0.05) is 0 Å². The third kappa shape index (κ3) is 6.36. The van der Waals surface area contributed by atoms with E-state index in [2.05, 4.69) is 273 Å². The molecule has 0 unspecified atom stereocenters. The normalized spacial score (nSPS) is 14.3. The number of rotatable bonds is 12. The molecule has 0 heterocycles. The van der Waals surface area contributed by atoms with Gasteiger partial charge in [0.2, 0.25) is 0 Å². The van der Waals surface area contributed by atoms with E-state index < -0.39 is 29.4 Å². The molecule has 0 amide bonds. The van der Waals surface area contributed by atoms with E-state index in [0.717, 1.165) is 0 Å². The molecular formula is C54H48ClP3Pd. The summed E-state index contributed by atoms with van der Waals surface area (Å²) in [6.45, 7) is 0. The van der Waals surface area contributed by atoms with Gasteiger partial charge < -0.3 is 0 Å². The Labute approximate surface area is 357 Å². The van der Waals surface area contributed by atoms with Gasteiger partial charge in [0.25, 0.3) is 0 Å². The minimum atomic E-state index is -4.09. The average molecular weight is 932 g/mol. The molecule has 0 bridgehead atoms. The van der Waals surface area contributed by atoms with Crippen molar-refractivity contribution in [3.05, 3.63) is 273 Å². The Hall–Kier alpha value is -4.78. The number of hydrogen-bond donors (Lipinski definition) is 0. The van der Waals surface area contributed by atoms with Crippen molar-refractivity contribution in [2.24, 2.45) is 0 Å². The number of halogens is 1. The van der Waals surface area contributed by atoms with Gasteiger partial charge in [-0.05, 0) is 0 Å². The van der Waals surface area contributed by atoms with Gasteiger partial charge in [0.1, 0.15) is 0 Å². The van der Waals surface area contributed by atoms with Crippen molar-refractivity contribution in [2.75, 3.05) is 0 Å². The Morgan fingerprint density at radius 1 is 0.186 bits per heavy atom. The van der Waals surface area contributed by atoms with E-state index in [1.165, 1.54) is 47.7 Å². The third-order valence-electron chi connectivity index (χ3n) is 11.4. The zero-order valence-corrected chi connectivity index (χ0v) is 38.0. The van der Waals surface area contributed by atoms with Crippen LogP contribution in [-0.2, 0) is 13.0 Å². The van der Waals surface area contributed by atoms with Crippen LogP contribution in [0, 0.1) is 0 Å². The van der Waals surface area contributed by atoms with E-state index in [9.17, 15) is 9.53 Å². The first-order chi connectivity index (χ1) is 29.2. The summed E-state index contributed by atoms with van der Waals surface area (Å²) in [6, 6.07) is 104. The molecule has 9 aromatic carbocycles. The summed E-state index contributed by atoms with van der Waals surface area (Å²) in [7, 11) is 10.5. The third-order valence-corrected chi connectivity index (χ3v) is 84.5. The van der Waals surface area contributed by atoms with Gasteiger partial charge in [0, 0.05) is 0 Å². The van der Waals surface area contributed by atoms with Crippen molar-refractivity contribution >= 4 is 73.6 Å². The second-order valence-corrected chi connectivity index (χ2v) is 55.7. The fraction of sp³-hybridized carbons (Fsp3) is 0. The molecule has 0 nitrogen and oxygen atoms in total. The van der Waals surface area contributed by atoms with Crippen molar-refractivity contribution in [2.45, 2.75) is 0 Å². The van der Waals surface area contributed by atoms with Crippen LogP contribution in [0.4, 0.5) is 0 Å². The molecule has 0 aliphatic heterocycles. The Kier molecular flexibility index (Phi) is 11.7. The molecule has 59 heavy (non-hydrogen) atoms. The van der Waals surface area contributed by atoms with E-state index in [1.807, 2.05) is 0 Å². The van der Waals surface area contributed by atoms with E-state index in [4.69, 9.17) is 0 Å². The first-order valence-corrected chi connectivity index (χ1v) is 34.5. The van der Waals surface area contributed by atoms with Gasteiger partial charge in [0.05, 0.1) is 0 Å². The van der Waals surface area contributed by atoms with Crippen LogP contribution < -0.4 is 47.7 Å². The molecule has 0 aromatic heterocycles. The van der Waals surface area contributed by atoms with Gasteiger partial charge in [-0.15, -0.1) is 0 Å². The van der Waals surface area contributed by atoms with Crippen molar-refractivity contribution in [3.8, 4) is 0 Å². The Morgan fingerprint density at radius 3 is 0.390 bits per heavy atom. The molecule has 0 spiro atoms. The first-order valence-electron chi connectivity index (χ1n) is 20.0. The van der Waals surface area contributed by atoms with E-state index in [0.29, 0.717) is 0 Å². The SMILES string of the molecule is [Cl][Pd]([PH](c1ccccc1)(c1ccccc1)c1ccccc1)([PH](c1ccccc1)(c1ccccc1)c1ccccc1)[PH](c1ccccc1)(c1ccccc1)c1ccccc1. The van der Waals surface area contributed by atoms with Crippen molar-refractivity contribution in [3.63, 3.8) is 0 Å². The van der Waals surface area contributed by atoms with Gasteiger partial charge in [-0.25, -0.2) is 0 Å². The van der Waals surface area contributed by atoms with Crippen LogP contribution in [0.15, 0.2) is 273 Å². The average Bonchev–Trinajstić information content (AvgIpc) is 3.33. The predicted molar refractivity (Wildman–Crippen MR) is 265 cm³/mol. The molecule has 9 aromatic rings. The molecule has 0 N–H and O–H groups in total. The summed E-state index contributed by atoms with van der Waals surface area (Å²) in [4.78, 5) is 0. The van der Waals surface area contributed by atoms with Crippen molar-refractivity contribution < 1.29 is 13.0 Å². The van der Waals surface area contributed by atoms with Crippen LogP contribution >= 0.6 is 25.9 Å². The van der Waals surface area contributed by atoms with Crippen LogP contribution in [0.2, 0.25) is 0 Å². The predicted octanol–water partition coefficient (Wildman–Crippen LogP) is 10.2. The number of hydrogen-bond acceptors (Lipinski definition) is 0. The van der Waals surface area contributed by atoms with Gasteiger partial charge in [-0.3, -0.25) is 0 Å². The monoisotopic (exact) mass is 930 g/mol. The molecule has 296 valence electrons. The van der Waals surface area contributed by atoms with Crippen LogP contribution in [0.5, 0.6) is 0 Å². The fourth-order valence-corrected chi connectivity index (χ4v) is 112. The second kappa shape index (κ2) is 17.4. The summed E-state index contributed by atoms with van der Waals surface area (Å²) in [5, 5.41) is 12.2. The Morgan fingerprint density at radius 2 is 0.288 bits per heavy atom. The summed E-state index contributed by atoms with van der Waals surface area (Å²) >= 11 is -4.09. The molecule has 0 saturated carbocycles. The van der Waals surface area contributed by atoms with Gasteiger partial charge in [0.15, 0.2) is 0 Å². The van der Waals surface area contributed by atoms with E-state index >= 15 is 0 Å². The molecular weight excluding hydrogens is 883 g/mol. The first kappa shape index (κ1) is 39.7. The maximum atomic E-state index is 10.5. The molecule has 0 saturated heterocycles. The van der Waals surface area contributed by atoms with Gasteiger partial charge >= 0.3 is 360 Å². The van der Waals surface area contributed by atoms with Crippen molar-refractivity contribution in [1.29, 1.82) is 0 Å². The van der Waals surface area contributed by atoms with Crippen LogP contribution in [0.25, 0.3) is 0 Å². The van der Waals surface area contributed by atoms with Crippen LogP contribution in [-0.4, -0.2) is 0 Å². The Bertz CT molecular complexity index is 2100. The second-order valence-electron chi connectivity index (χ2n) is 14.5. The molecule has 0 aliphatic rings. The standard InChI is InChI=1S/3C18H15P.ClH.Pd/c3*1-4-10-16(11-5-1)19(17-12-6-2-7-13-17)18-14-8-3-9-15-18;;/h3*1-15H;1H;/q;;;;-2/p+2. The van der Waals surface area contributed by atoms with Crippen LogP contribution in [0.1, 0.15) is 0 Å². The summed E-state index contributed by atoms with van der Waals surface area (Å²) in [5.74, 6) is 0. The molecule has 9 rings (SSSR count). The zero-order chi connectivity index (χ0) is 40.0. The van der Waals surface area contributed by atoms with E-state index in [-0.39, 0.29) is 0 Å². The zero-order valence-electron chi connectivity index (χ0n) is 32.7. The molecule has 0 atom stereocenters. The summed E-state index contributed by atoms with van der Waals surface area (Å²) in [6.07, 6.45) is 0. The summed E-state index contributed by atoms with van der Waals surface area (Å²) < 4.78 is 0. The van der Waals surface area contributed by atoms with Gasteiger partial charge in [-0.2, -0.15) is 0 Å². The molecule has 0 radical (unpaired) electrons. The molecule has 0 aliphatic carbocycles. The maximum absolute atomic E-state index is 10.5. The quantitative estimate of drug-likeness (QED) is 0.0846. The fourth-order valence-electron chi connectivity index (χ4n) is 9.08. The Balaban J connectivity index is 1.71. The topological polar surface area (TPSA) is 0 Å². The molecule has 0 fully saturated rings. The summed E-state index contributed by atoms with van der Waals surface area (Å²) in [5.41, 5.74) is -10.5.